The van der Waals surface area contributed by atoms with Crippen molar-refractivity contribution in [3.8, 4) is 0 Å². The van der Waals surface area contributed by atoms with Gasteiger partial charge in [-0.3, -0.25) is 0 Å². The van der Waals surface area contributed by atoms with Gasteiger partial charge in [0.05, 0.1) is 0 Å². The van der Waals surface area contributed by atoms with Crippen LogP contribution in [0.4, 0.5) is 0 Å². The molecule has 1 heteroatoms. The van der Waals surface area contributed by atoms with Crippen molar-refractivity contribution in [2.75, 3.05) is 0 Å². The highest BCUT2D eigenvalue weighted by Crippen LogP contribution is 2.16. The highest BCUT2D eigenvalue weighted by molar-refractivity contribution is 7.81. The zero-order chi connectivity index (χ0) is 8.85. The molecule has 1 radical (unpaired) electrons. The van der Waals surface area contributed by atoms with Gasteiger partial charge in [0.25, 0.3) is 0 Å². The van der Waals surface area contributed by atoms with Crippen molar-refractivity contribution in [3.63, 3.8) is 0 Å². The number of hydrogen-bond donors (Lipinski definition) is 1. The summed E-state index contributed by atoms with van der Waals surface area (Å²) in [6, 6.07) is 0. The molecule has 1 unspecified atom stereocenters. The average molecular weight is 173 g/mol. The quantitative estimate of drug-likeness (QED) is 0.604. The largest absolute Gasteiger partial charge is 0.175 e. The Hall–Kier alpha value is 0.350. The summed E-state index contributed by atoms with van der Waals surface area (Å²) in [6.07, 6.45) is 4.83. The fourth-order valence-corrected chi connectivity index (χ4v) is 1.02. The van der Waals surface area contributed by atoms with E-state index in [1.165, 1.54) is 12.8 Å². The first-order valence-electron chi connectivity index (χ1n) is 4.55. The normalized spacial score (nSPS) is 14.5. The third-order valence-corrected chi connectivity index (χ3v) is 2.64. The zero-order valence-corrected chi connectivity index (χ0v) is 9.07. The molecule has 0 fully saturated rings. The van der Waals surface area contributed by atoms with Crippen molar-refractivity contribution in [2.45, 2.75) is 45.8 Å². The molecule has 67 valence electrons. The summed E-state index contributed by atoms with van der Waals surface area (Å²) in [7, 11) is 0. The Morgan fingerprint density at radius 2 is 1.73 bits per heavy atom. The molecule has 0 aromatic carbocycles. The standard InChI is InChI=1S/C10H21S/c1-8(2)6-5-7-10(11)9(3)4/h7-11H,5-6H2,1-4H3. The predicted molar refractivity (Wildman–Crippen MR) is 56.0 cm³/mol. The summed E-state index contributed by atoms with van der Waals surface area (Å²) >= 11 is 4.47. The molecule has 0 aromatic heterocycles. The molecule has 1 atom stereocenters. The van der Waals surface area contributed by atoms with Crippen LogP contribution in [0.25, 0.3) is 0 Å². The van der Waals surface area contributed by atoms with E-state index in [0.29, 0.717) is 11.2 Å². The topological polar surface area (TPSA) is 0 Å². The van der Waals surface area contributed by atoms with E-state index in [-0.39, 0.29) is 0 Å². The molecule has 0 aliphatic carbocycles. The Kier molecular flexibility index (Phi) is 6.12. The minimum Gasteiger partial charge on any atom is -0.175 e. The Labute approximate surface area is 77.2 Å². The lowest BCUT2D eigenvalue weighted by molar-refractivity contribution is 0.556. The summed E-state index contributed by atoms with van der Waals surface area (Å²) in [5.74, 6) is 1.49. The SMILES string of the molecule is CC(C)CC[CH]C(S)C(C)C. The molecule has 0 rings (SSSR count). The van der Waals surface area contributed by atoms with E-state index in [4.69, 9.17) is 0 Å². The maximum atomic E-state index is 4.47. The van der Waals surface area contributed by atoms with Crippen LogP contribution in [0.2, 0.25) is 0 Å². The Morgan fingerprint density at radius 3 is 2.09 bits per heavy atom. The van der Waals surface area contributed by atoms with E-state index in [2.05, 4.69) is 46.7 Å². The first-order chi connectivity index (χ1) is 5.04. The van der Waals surface area contributed by atoms with Crippen LogP contribution in [0, 0.1) is 18.3 Å². The predicted octanol–water partition coefficient (Wildman–Crippen LogP) is 3.58. The van der Waals surface area contributed by atoms with E-state index in [1.54, 1.807) is 0 Å². The second-order valence-electron chi connectivity index (χ2n) is 3.94. The van der Waals surface area contributed by atoms with Crippen molar-refractivity contribution < 1.29 is 0 Å². The van der Waals surface area contributed by atoms with Crippen LogP contribution in [0.15, 0.2) is 0 Å². The van der Waals surface area contributed by atoms with Crippen LogP contribution in [-0.4, -0.2) is 5.25 Å². The molecule has 0 saturated heterocycles. The molecule has 0 saturated carbocycles. The fraction of sp³-hybridized carbons (Fsp3) is 0.900. The van der Waals surface area contributed by atoms with Gasteiger partial charge in [-0.25, -0.2) is 0 Å². The molecule has 0 heterocycles. The molecule has 0 aliphatic heterocycles. The smallest absolute Gasteiger partial charge is 0.00711 e. The molecule has 0 amide bonds. The Balaban J connectivity index is 3.24. The number of thiol groups is 1. The van der Waals surface area contributed by atoms with Crippen LogP contribution in [0.3, 0.4) is 0 Å². The lowest BCUT2D eigenvalue weighted by Gasteiger charge is -2.14. The van der Waals surface area contributed by atoms with Gasteiger partial charge in [0.15, 0.2) is 0 Å². The lowest BCUT2D eigenvalue weighted by atomic mass is 10.0. The highest BCUT2D eigenvalue weighted by atomic mass is 32.1. The summed E-state index contributed by atoms with van der Waals surface area (Å²) in [4.78, 5) is 0. The highest BCUT2D eigenvalue weighted by Gasteiger charge is 2.07. The zero-order valence-electron chi connectivity index (χ0n) is 8.17. The van der Waals surface area contributed by atoms with Crippen LogP contribution >= 0.6 is 12.6 Å². The van der Waals surface area contributed by atoms with Crippen molar-refractivity contribution in [1.82, 2.24) is 0 Å². The summed E-state index contributed by atoms with van der Waals surface area (Å²) in [5.41, 5.74) is 0. The van der Waals surface area contributed by atoms with Crippen molar-refractivity contribution in [3.05, 3.63) is 6.42 Å². The van der Waals surface area contributed by atoms with Gasteiger partial charge in [0.2, 0.25) is 0 Å². The van der Waals surface area contributed by atoms with Gasteiger partial charge >= 0.3 is 0 Å². The summed E-state index contributed by atoms with van der Waals surface area (Å²) in [5, 5.41) is 0.480. The fourth-order valence-electron chi connectivity index (χ4n) is 0.872. The van der Waals surface area contributed by atoms with Crippen molar-refractivity contribution in [1.29, 1.82) is 0 Å². The molecule has 0 bridgehead atoms. The Morgan fingerprint density at radius 1 is 1.18 bits per heavy atom. The summed E-state index contributed by atoms with van der Waals surface area (Å²) in [6.45, 7) is 8.94. The van der Waals surface area contributed by atoms with Crippen LogP contribution < -0.4 is 0 Å². The molecule has 0 aromatic rings. The molecule has 0 nitrogen and oxygen atoms in total. The van der Waals surface area contributed by atoms with Gasteiger partial charge < -0.3 is 0 Å². The van der Waals surface area contributed by atoms with Gasteiger partial charge in [0.1, 0.15) is 0 Å². The van der Waals surface area contributed by atoms with Crippen LogP contribution in [-0.2, 0) is 0 Å². The minimum absolute atomic E-state index is 0.480. The average Bonchev–Trinajstić information content (AvgIpc) is 1.86. The number of rotatable bonds is 5. The second kappa shape index (κ2) is 5.93. The van der Waals surface area contributed by atoms with E-state index in [0.717, 1.165) is 5.92 Å². The lowest BCUT2D eigenvalue weighted by Crippen LogP contribution is -2.08. The monoisotopic (exact) mass is 173 g/mol. The van der Waals surface area contributed by atoms with E-state index in [1.807, 2.05) is 0 Å². The molecule has 0 aliphatic rings. The van der Waals surface area contributed by atoms with E-state index < -0.39 is 0 Å². The Bertz CT molecular complexity index is 86.9. The third kappa shape index (κ3) is 6.74. The second-order valence-corrected chi connectivity index (χ2v) is 4.54. The van der Waals surface area contributed by atoms with Gasteiger partial charge in [-0.15, -0.1) is 0 Å². The van der Waals surface area contributed by atoms with Crippen LogP contribution in [0.5, 0.6) is 0 Å². The van der Waals surface area contributed by atoms with Gasteiger partial charge in [-0.05, 0) is 24.7 Å². The third-order valence-electron chi connectivity index (χ3n) is 1.84. The van der Waals surface area contributed by atoms with Crippen LogP contribution in [0.1, 0.15) is 40.5 Å². The minimum atomic E-state index is 0.480. The van der Waals surface area contributed by atoms with Gasteiger partial charge in [0, 0.05) is 5.25 Å². The van der Waals surface area contributed by atoms with Crippen molar-refractivity contribution in [2.24, 2.45) is 11.8 Å². The molecule has 0 N–H and O–H groups in total. The molecule has 11 heavy (non-hydrogen) atoms. The molecular formula is C10H21S. The maximum Gasteiger partial charge on any atom is 0.00711 e. The van der Waals surface area contributed by atoms with Gasteiger partial charge in [-0.2, -0.15) is 12.6 Å². The maximum absolute atomic E-state index is 4.47. The van der Waals surface area contributed by atoms with E-state index in [9.17, 15) is 0 Å². The molecular weight excluding hydrogens is 152 g/mol. The molecule has 0 spiro atoms. The summed E-state index contributed by atoms with van der Waals surface area (Å²) < 4.78 is 0. The van der Waals surface area contributed by atoms with E-state index >= 15 is 0 Å². The van der Waals surface area contributed by atoms with Crippen molar-refractivity contribution >= 4 is 12.6 Å². The number of hydrogen-bond acceptors (Lipinski definition) is 1. The first-order valence-corrected chi connectivity index (χ1v) is 5.07. The first kappa shape index (κ1) is 11.4. The van der Waals surface area contributed by atoms with Gasteiger partial charge in [-0.1, -0.05) is 34.1 Å².